The number of nitrogens with one attached hydrogen (secondary N) is 1. The Morgan fingerprint density at radius 1 is 1.47 bits per heavy atom. The lowest BCUT2D eigenvalue weighted by Crippen LogP contribution is -2.40. The first-order valence-corrected chi connectivity index (χ1v) is 7.23. The molecule has 19 heavy (non-hydrogen) atoms. The van der Waals surface area contributed by atoms with E-state index in [9.17, 15) is 0 Å². The maximum atomic E-state index is 9.12. The number of nitriles is 1. The van der Waals surface area contributed by atoms with Crippen LogP contribution in [0.5, 0.6) is 0 Å². The van der Waals surface area contributed by atoms with Gasteiger partial charge in [0.15, 0.2) is 0 Å². The average molecular weight is 257 g/mol. The zero-order valence-corrected chi connectivity index (χ0v) is 11.9. The first-order chi connectivity index (χ1) is 9.26. The van der Waals surface area contributed by atoms with E-state index < -0.39 is 0 Å². The summed E-state index contributed by atoms with van der Waals surface area (Å²) in [6.07, 6.45) is 3.25. The second kappa shape index (κ2) is 6.58. The fraction of sp³-hybridized carbons (Fsp3) is 0.562. The molecule has 1 aromatic carbocycles. The van der Waals surface area contributed by atoms with Gasteiger partial charge in [0.1, 0.15) is 0 Å². The molecule has 0 fully saturated rings. The van der Waals surface area contributed by atoms with E-state index in [1.165, 1.54) is 24.1 Å². The van der Waals surface area contributed by atoms with E-state index >= 15 is 0 Å². The molecule has 0 radical (unpaired) electrons. The summed E-state index contributed by atoms with van der Waals surface area (Å²) in [5, 5.41) is 12.3. The lowest BCUT2D eigenvalue weighted by atomic mass is 9.96. The Kier molecular flexibility index (Phi) is 4.81. The van der Waals surface area contributed by atoms with Gasteiger partial charge in [-0.05, 0) is 44.4 Å². The van der Waals surface area contributed by atoms with Crippen molar-refractivity contribution >= 4 is 5.69 Å². The number of nitrogens with zero attached hydrogens (tertiary/aromatic N) is 2. The van der Waals surface area contributed by atoms with Gasteiger partial charge in [-0.15, -0.1) is 0 Å². The number of hydrogen-bond acceptors (Lipinski definition) is 3. The van der Waals surface area contributed by atoms with Crippen LogP contribution in [0.25, 0.3) is 0 Å². The van der Waals surface area contributed by atoms with Gasteiger partial charge in [-0.25, -0.2) is 0 Å². The molecule has 2 unspecified atom stereocenters. The second-order valence-corrected chi connectivity index (χ2v) is 5.24. The Labute approximate surface area is 116 Å². The molecule has 0 saturated heterocycles. The predicted octanol–water partition coefficient (Wildman–Crippen LogP) is 2.72. The third-order valence-corrected chi connectivity index (χ3v) is 3.93. The van der Waals surface area contributed by atoms with Gasteiger partial charge >= 0.3 is 0 Å². The van der Waals surface area contributed by atoms with Crippen LogP contribution >= 0.6 is 0 Å². The summed E-state index contributed by atoms with van der Waals surface area (Å²) in [6.45, 7) is 6.13. The summed E-state index contributed by atoms with van der Waals surface area (Å²) < 4.78 is 0. The van der Waals surface area contributed by atoms with Gasteiger partial charge in [0.05, 0.1) is 12.1 Å². The molecule has 1 aliphatic rings. The molecule has 102 valence electrons. The Hall–Kier alpha value is -1.53. The molecule has 1 aromatic rings. The van der Waals surface area contributed by atoms with E-state index in [2.05, 4.69) is 47.5 Å². The zero-order valence-electron chi connectivity index (χ0n) is 11.9. The topological polar surface area (TPSA) is 39.1 Å². The minimum Gasteiger partial charge on any atom is -0.368 e. The molecule has 1 heterocycles. The minimum absolute atomic E-state index is 0.0358. The van der Waals surface area contributed by atoms with Crippen molar-refractivity contribution in [2.24, 2.45) is 0 Å². The molecule has 0 amide bonds. The molecule has 3 nitrogen and oxygen atoms in total. The van der Waals surface area contributed by atoms with Crippen LogP contribution in [0.1, 0.15) is 32.3 Å². The Balaban J connectivity index is 2.05. The van der Waals surface area contributed by atoms with Crippen LogP contribution in [0.3, 0.4) is 0 Å². The summed E-state index contributed by atoms with van der Waals surface area (Å²) in [4.78, 5) is 2.46. The van der Waals surface area contributed by atoms with Crippen molar-refractivity contribution in [2.75, 3.05) is 18.0 Å². The highest BCUT2D eigenvalue weighted by Crippen LogP contribution is 2.30. The second-order valence-electron chi connectivity index (χ2n) is 5.24. The Morgan fingerprint density at radius 2 is 2.26 bits per heavy atom. The Bertz CT molecular complexity index is 450. The van der Waals surface area contributed by atoms with Gasteiger partial charge in [0.25, 0.3) is 0 Å². The van der Waals surface area contributed by atoms with Crippen molar-refractivity contribution in [3.05, 3.63) is 29.8 Å². The fourth-order valence-corrected chi connectivity index (χ4v) is 2.83. The molecule has 2 rings (SSSR count). The van der Waals surface area contributed by atoms with Gasteiger partial charge < -0.3 is 10.2 Å². The molecule has 0 bridgehead atoms. The lowest BCUT2D eigenvalue weighted by molar-refractivity contribution is 0.517. The van der Waals surface area contributed by atoms with Crippen molar-refractivity contribution in [3.63, 3.8) is 0 Å². The van der Waals surface area contributed by atoms with Crippen LogP contribution in [0, 0.1) is 11.3 Å². The lowest BCUT2D eigenvalue weighted by Gasteiger charge is -2.37. The first kappa shape index (κ1) is 13.9. The van der Waals surface area contributed by atoms with Crippen LogP contribution in [-0.2, 0) is 6.42 Å². The van der Waals surface area contributed by atoms with E-state index in [1.807, 2.05) is 6.92 Å². The van der Waals surface area contributed by atoms with Crippen molar-refractivity contribution < 1.29 is 0 Å². The molecule has 0 saturated carbocycles. The first-order valence-electron chi connectivity index (χ1n) is 7.23. The van der Waals surface area contributed by atoms with E-state index in [0.717, 1.165) is 19.5 Å². The SMILES string of the molecule is CCNC(C#N)CCN1c2ccccc2CCC1C. The summed E-state index contributed by atoms with van der Waals surface area (Å²) in [5.74, 6) is 0. The minimum atomic E-state index is -0.0358. The number of anilines is 1. The Morgan fingerprint density at radius 3 is 3.00 bits per heavy atom. The van der Waals surface area contributed by atoms with Crippen molar-refractivity contribution in [2.45, 2.75) is 45.2 Å². The van der Waals surface area contributed by atoms with E-state index in [-0.39, 0.29) is 6.04 Å². The van der Waals surface area contributed by atoms with Crippen LogP contribution in [0.2, 0.25) is 0 Å². The fourth-order valence-electron chi connectivity index (χ4n) is 2.83. The zero-order chi connectivity index (χ0) is 13.7. The third-order valence-electron chi connectivity index (χ3n) is 3.93. The number of benzene rings is 1. The van der Waals surface area contributed by atoms with E-state index in [1.54, 1.807) is 0 Å². The molecule has 0 aromatic heterocycles. The number of aryl methyl sites for hydroxylation is 1. The molecule has 1 aliphatic heterocycles. The van der Waals surface area contributed by atoms with Gasteiger partial charge in [-0.3, -0.25) is 0 Å². The van der Waals surface area contributed by atoms with Crippen LogP contribution in [0.15, 0.2) is 24.3 Å². The van der Waals surface area contributed by atoms with Crippen molar-refractivity contribution in [3.8, 4) is 6.07 Å². The molecule has 0 spiro atoms. The number of fused-ring (bicyclic) bond motifs is 1. The van der Waals surface area contributed by atoms with Crippen molar-refractivity contribution in [1.29, 1.82) is 5.26 Å². The predicted molar refractivity (Wildman–Crippen MR) is 79.3 cm³/mol. The van der Waals surface area contributed by atoms with Crippen molar-refractivity contribution in [1.82, 2.24) is 5.32 Å². The maximum absolute atomic E-state index is 9.12. The van der Waals surface area contributed by atoms with Gasteiger partial charge in [-0.1, -0.05) is 25.1 Å². The number of para-hydroxylation sites is 1. The number of rotatable bonds is 5. The highest BCUT2D eigenvalue weighted by Gasteiger charge is 2.23. The summed E-state index contributed by atoms with van der Waals surface area (Å²) >= 11 is 0. The summed E-state index contributed by atoms with van der Waals surface area (Å²) in [6, 6.07) is 11.5. The third kappa shape index (κ3) is 3.27. The normalized spacial score (nSPS) is 19.6. The quantitative estimate of drug-likeness (QED) is 0.881. The van der Waals surface area contributed by atoms with Crippen LogP contribution in [0.4, 0.5) is 5.69 Å². The van der Waals surface area contributed by atoms with Gasteiger partial charge in [-0.2, -0.15) is 5.26 Å². The maximum Gasteiger partial charge on any atom is 0.0969 e. The summed E-state index contributed by atoms with van der Waals surface area (Å²) in [5.41, 5.74) is 2.80. The summed E-state index contributed by atoms with van der Waals surface area (Å²) in [7, 11) is 0. The van der Waals surface area contributed by atoms with Crippen LogP contribution in [-0.4, -0.2) is 25.2 Å². The molecule has 1 N–H and O–H groups in total. The molecule has 3 heteroatoms. The molecule has 0 aliphatic carbocycles. The highest BCUT2D eigenvalue weighted by atomic mass is 15.2. The standard InChI is InChI=1S/C16H23N3/c1-3-18-15(12-17)10-11-19-13(2)8-9-14-6-4-5-7-16(14)19/h4-7,13,15,18H,3,8-11H2,1-2H3. The van der Waals surface area contributed by atoms with E-state index in [0.29, 0.717) is 6.04 Å². The van der Waals surface area contributed by atoms with E-state index in [4.69, 9.17) is 5.26 Å². The largest absolute Gasteiger partial charge is 0.368 e. The number of hydrogen-bond donors (Lipinski definition) is 1. The smallest absolute Gasteiger partial charge is 0.0969 e. The average Bonchev–Trinajstić information content (AvgIpc) is 2.45. The monoisotopic (exact) mass is 257 g/mol. The van der Waals surface area contributed by atoms with Crippen LogP contribution < -0.4 is 10.2 Å². The highest BCUT2D eigenvalue weighted by molar-refractivity contribution is 5.56. The molecule has 2 atom stereocenters. The molecular weight excluding hydrogens is 234 g/mol. The van der Waals surface area contributed by atoms with Gasteiger partial charge in [0.2, 0.25) is 0 Å². The van der Waals surface area contributed by atoms with Gasteiger partial charge in [0, 0.05) is 18.3 Å². The molecular formula is C16H23N3.